The van der Waals surface area contributed by atoms with Crippen LogP contribution in [0.2, 0.25) is 0 Å². The molecule has 1 aromatic heterocycles. The quantitative estimate of drug-likeness (QED) is 0.524. The Hall–Kier alpha value is -0.330. The largest absolute Gasteiger partial charge is 0.247 e. The van der Waals surface area contributed by atoms with Crippen molar-refractivity contribution >= 4 is 31.9 Å². The van der Waals surface area contributed by atoms with Crippen molar-refractivity contribution in [3.63, 3.8) is 0 Å². The molecule has 0 aromatic carbocycles. The monoisotopic (exact) mass is 273 g/mol. The Morgan fingerprint density at radius 3 is 2.82 bits per heavy atom. The van der Waals surface area contributed by atoms with Crippen LogP contribution in [0, 0.1) is 11.8 Å². The van der Waals surface area contributed by atoms with Gasteiger partial charge in [0.15, 0.2) is 0 Å². The summed E-state index contributed by atoms with van der Waals surface area (Å²) in [6.07, 6.45) is 1.73. The molecule has 0 unspecified atom stereocenters. The fourth-order valence-electron chi connectivity index (χ4n) is 0.574. The summed E-state index contributed by atoms with van der Waals surface area (Å²) in [6, 6.07) is 3.80. The number of alkyl halides is 1. The van der Waals surface area contributed by atoms with Crippen LogP contribution in [0.5, 0.6) is 0 Å². The van der Waals surface area contributed by atoms with Crippen LogP contribution < -0.4 is 0 Å². The van der Waals surface area contributed by atoms with Gasteiger partial charge < -0.3 is 0 Å². The highest BCUT2D eigenvalue weighted by Gasteiger charge is 1.86. The Morgan fingerprint density at radius 2 is 2.27 bits per heavy atom. The number of nitrogens with zero attached hydrogens (tertiary/aromatic N) is 1. The molecule has 0 saturated carbocycles. The molecular weight excluding hydrogens is 270 g/mol. The molecule has 0 aliphatic heterocycles. The predicted molar refractivity (Wildman–Crippen MR) is 52.6 cm³/mol. The Bertz CT molecular complexity index is 281. The Labute approximate surface area is 82.5 Å². The molecule has 0 bridgehead atoms. The lowest BCUT2D eigenvalue weighted by Crippen LogP contribution is -1.79. The van der Waals surface area contributed by atoms with E-state index >= 15 is 0 Å². The summed E-state index contributed by atoms with van der Waals surface area (Å²) in [5.74, 6) is 5.77. The number of hydrogen-bond donors (Lipinski definition) is 0. The molecule has 3 heteroatoms. The minimum atomic E-state index is 0.685. The van der Waals surface area contributed by atoms with E-state index in [2.05, 4.69) is 48.7 Å². The molecule has 1 rings (SSSR count). The van der Waals surface area contributed by atoms with Gasteiger partial charge in [-0.1, -0.05) is 21.9 Å². The maximum Gasteiger partial charge on any atom is 0.113 e. The van der Waals surface area contributed by atoms with Crippen LogP contribution in [-0.4, -0.2) is 10.3 Å². The minimum Gasteiger partial charge on any atom is -0.247 e. The maximum atomic E-state index is 4.07. The van der Waals surface area contributed by atoms with Crippen LogP contribution in [0.15, 0.2) is 22.8 Å². The van der Waals surface area contributed by atoms with Crippen molar-refractivity contribution in [1.29, 1.82) is 0 Å². The molecular formula is C8H5Br2N. The summed E-state index contributed by atoms with van der Waals surface area (Å²) in [7, 11) is 0. The highest BCUT2D eigenvalue weighted by molar-refractivity contribution is 9.10. The zero-order valence-corrected chi connectivity index (χ0v) is 8.81. The lowest BCUT2D eigenvalue weighted by atomic mass is 10.3. The number of aromatic nitrogens is 1. The molecule has 0 aliphatic carbocycles. The lowest BCUT2D eigenvalue weighted by molar-refractivity contribution is 1.27. The minimum absolute atomic E-state index is 0.685. The Morgan fingerprint density at radius 1 is 1.45 bits per heavy atom. The van der Waals surface area contributed by atoms with Crippen LogP contribution in [0.3, 0.4) is 0 Å². The molecule has 0 spiro atoms. The molecule has 0 atom stereocenters. The maximum absolute atomic E-state index is 4.07. The molecule has 1 nitrogen and oxygen atoms in total. The van der Waals surface area contributed by atoms with Crippen molar-refractivity contribution in [1.82, 2.24) is 4.98 Å². The summed E-state index contributed by atoms with van der Waals surface area (Å²) in [5, 5.41) is 0.685. The highest BCUT2D eigenvalue weighted by Crippen LogP contribution is 2.06. The van der Waals surface area contributed by atoms with Gasteiger partial charge in [0, 0.05) is 10.7 Å². The van der Waals surface area contributed by atoms with Gasteiger partial charge in [0.25, 0.3) is 0 Å². The molecule has 11 heavy (non-hydrogen) atoms. The first-order chi connectivity index (χ1) is 5.33. The van der Waals surface area contributed by atoms with Crippen molar-refractivity contribution in [3.8, 4) is 11.8 Å². The van der Waals surface area contributed by atoms with Gasteiger partial charge in [0.1, 0.15) is 5.69 Å². The summed E-state index contributed by atoms with van der Waals surface area (Å²) in [4.78, 5) is 4.07. The van der Waals surface area contributed by atoms with Crippen LogP contribution in [0.1, 0.15) is 5.69 Å². The topological polar surface area (TPSA) is 12.9 Å². The van der Waals surface area contributed by atoms with E-state index < -0.39 is 0 Å². The summed E-state index contributed by atoms with van der Waals surface area (Å²) in [5.41, 5.74) is 0.799. The zero-order valence-electron chi connectivity index (χ0n) is 5.64. The first-order valence-electron chi connectivity index (χ1n) is 2.99. The summed E-state index contributed by atoms with van der Waals surface area (Å²) >= 11 is 6.50. The Kier molecular flexibility index (Phi) is 3.61. The third-order valence-corrected chi connectivity index (χ3v) is 1.76. The fraction of sp³-hybridized carbons (Fsp3) is 0.125. The molecule has 0 amide bonds. The molecule has 1 aromatic rings. The molecule has 1 heterocycles. The predicted octanol–water partition coefficient (Wildman–Crippen LogP) is 2.59. The summed E-state index contributed by atoms with van der Waals surface area (Å²) < 4.78 is 0.974. The van der Waals surface area contributed by atoms with Crippen molar-refractivity contribution in [2.45, 2.75) is 0 Å². The lowest BCUT2D eigenvalue weighted by Gasteiger charge is -1.88. The second-order valence-corrected chi connectivity index (χ2v) is 3.27. The van der Waals surface area contributed by atoms with Gasteiger partial charge in [-0.15, -0.1) is 0 Å². The van der Waals surface area contributed by atoms with Crippen molar-refractivity contribution in [3.05, 3.63) is 28.5 Å². The number of pyridine rings is 1. The first kappa shape index (κ1) is 8.76. The first-order valence-corrected chi connectivity index (χ1v) is 4.91. The third kappa shape index (κ3) is 3.04. The van der Waals surface area contributed by atoms with Gasteiger partial charge in [-0.2, -0.15) is 0 Å². The fourth-order valence-corrected chi connectivity index (χ4v) is 0.948. The number of hydrogen-bond acceptors (Lipinski definition) is 1. The van der Waals surface area contributed by atoms with Crippen LogP contribution in [0.25, 0.3) is 0 Å². The third-order valence-electron chi connectivity index (χ3n) is 1.01. The van der Waals surface area contributed by atoms with E-state index in [1.165, 1.54) is 0 Å². The number of rotatable bonds is 0. The molecule has 0 fully saturated rings. The van der Waals surface area contributed by atoms with Crippen molar-refractivity contribution in [2.75, 3.05) is 5.33 Å². The molecule has 0 N–H and O–H groups in total. The smallest absolute Gasteiger partial charge is 0.113 e. The molecule has 0 aliphatic rings. The van der Waals surface area contributed by atoms with E-state index in [1.807, 2.05) is 12.1 Å². The van der Waals surface area contributed by atoms with Crippen LogP contribution in [0.4, 0.5) is 0 Å². The van der Waals surface area contributed by atoms with E-state index in [0.717, 1.165) is 10.2 Å². The van der Waals surface area contributed by atoms with Gasteiger partial charge in [-0.05, 0) is 34.0 Å². The van der Waals surface area contributed by atoms with Gasteiger partial charge in [-0.25, -0.2) is 4.98 Å². The average Bonchev–Trinajstić information content (AvgIpc) is 2.04. The van der Waals surface area contributed by atoms with Gasteiger partial charge in [0.05, 0.1) is 5.33 Å². The normalized spacial score (nSPS) is 8.55. The molecule has 0 saturated heterocycles. The van der Waals surface area contributed by atoms with Crippen molar-refractivity contribution in [2.24, 2.45) is 0 Å². The van der Waals surface area contributed by atoms with E-state index in [1.54, 1.807) is 6.20 Å². The zero-order chi connectivity index (χ0) is 8.10. The molecule has 0 radical (unpaired) electrons. The van der Waals surface area contributed by atoms with E-state index in [4.69, 9.17) is 0 Å². The van der Waals surface area contributed by atoms with Gasteiger partial charge >= 0.3 is 0 Å². The Balaban J connectivity index is 2.82. The number of halogens is 2. The SMILES string of the molecule is BrCC#Cc1ccc(Br)cn1. The average molecular weight is 275 g/mol. The van der Waals surface area contributed by atoms with E-state index in [0.29, 0.717) is 5.33 Å². The second kappa shape index (κ2) is 4.53. The van der Waals surface area contributed by atoms with Crippen LogP contribution >= 0.6 is 31.9 Å². The highest BCUT2D eigenvalue weighted by atomic mass is 79.9. The van der Waals surface area contributed by atoms with E-state index in [9.17, 15) is 0 Å². The van der Waals surface area contributed by atoms with Crippen LogP contribution in [-0.2, 0) is 0 Å². The second-order valence-electron chi connectivity index (χ2n) is 1.80. The van der Waals surface area contributed by atoms with Gasteiger partial charge in [0.2, 0.25) is 0 Å². The van der Waals surface area contributed by atoms with Gasteiger partial charge in [-0.3, -0.25) is 0 Å². The summed E-state index contributed by atoms with van der Waals surface area (Å²) in [6.45, 7) is 0. The standard InChI is InChI=1S/C8H5Br2N/c9-5-1-2-8-4-3-7(10)6-11-8/h3-4,6H,5H2. The van der Waals surface area contributed by atoms with E-state index in [-0.39, 0.29) is 0 Å². The van der Waals surface area contributed by atoms with Crippen molar-refractivity contribution < 1.29 is 0 Å². The molecule has 56 valence electrons.